The molecule has 8 heteroatoms. The summed E-state index contributed by atoms with van der Waals surface area (Å²) in [6.07, 6.45) is 0.380. The fourth-order valence-corrected chi connectivity index (χ4v) is 4.06. The smallest absolute Gasteiger partial charge is 0.269 e. The predicted octanol–water partition coefficient (Wildman–Crippen LogP) is 5.00. The number of non-ortho nitro benzene ring substituents is 1. The summed E-state index contributed by atoms with van der Waals surface area (Å²) in [5.41, 5.74) is 4.94. The Balaban J connectivity index is 1.66. The van der Waals surface area contributed by atoms with Crippen molar-refractivity contribution in [3.05, 3.63) is 106 Å². The number of nitro benzene ring substituents is 1. The predicted molar refractivity (Wildman–Crippen MR) is 124 cm³/mol. The average molecular weight is 447 g/mol. The fourth-order valence-electron chi connectivity index (χ4n) is 4.06. The first kappa shape index (κ1) is 22.6. The summed E-state index contributed by atoms with van der Waals surface area (Å²) < 4.78 is 0. The summed E-state index contributed by atoms with van der Waals surface area (Å²) in [5.74, 6) is -2.13. The van der Waals surface area contributed by atoms with Crippen LogP contribution >= 0.6 is 0 Å². The molecular weight excluding hydrogens is 422 g/mol. The van der Waals surface area contributed by atoms with Crippen LogP contribution in [0.15, 0.2) is 90.0 Å². The minimum absolute atomic E-state index is 0.00230. The van der Waals surface area contributed by atoms with Crippen LogP contribution in [0.1, 0.15) is 31.4 Å². The lowest BCUT2D eigenvalue weighted by atomic mass is 9.75. The normalized spacial score (nSPS) is 22.5. The maximum atomic E-state index is 11.0. The first-order valence-corrected chi connectivity index (χ1v) is 10.6. The van der Waals surface area contributed by atoms with Crippen LogP contribution in [0.25, 0.3) is 0 Å². The highest BCUT2D eigenvalue weighted by Crippen LogP contribution is 2.47. The molecule has 2 atom stereocenters. The number of nitrogens with zero attached hydrogens (tertiary/aromatic N) is 2. The lowest BCUT2D eigenvalue weighted by molar-refractivity contribution is -0.486. The van der Waals surface area contributed by atoms with Crippen LogP contribution in [-0.4, -0.2) is 21.5 Å². The number of hydrogen-bond donors (Lipinski definition) is 2. The van der Waals surface area contributed by atoms with Crippen molar-refractivity contribution in [2.24, 2.45) is 11.0 Å². The lowest BCUT2D eigenvalue weighted by Crippen LogP contribution is -2.53. The molecule has 4 rings (SSSR count). The zero-order valence-electron chi connectivity index (χ0n) is 18.3. The van der Waals surface area contributed by atoms with E-state index in [1.54, 1.807) is 26.0 Å². The number of nitrogens with one attached hydrogen (secondary N) is 1. The Labute approximate surface area is 191 Å². The van der Waals surface area contributed by atoms with Crippen LogP contribution in [0, 0.1) is 16.0 Å². The molecule has 0 aliphatic carbocycles. The summed E-state index contributed by atoms with van der Waals surface area (Å²) in [6.45, 7) is 3.34. The number of aliphatic hydroxyl groups is 1. The van der Waals surface area contributed by atoms with Gasteiger partial charge in [-0.3, -0.25) is 15.5 Å². The highest BCUT2D eigenvalue weighted by Gasteiger charge is 2.52. The largest absolute Gasteiger partial charge is 0.363 e. The molecule has 0 bridgehead atoms. The zero-order valence-corrected chi connectivity index (χ0v) is 18.3. The molecule has 1 heterocycles. The molecule has 8 nitrogen and oxygen atoms in total. The Morgan fingerprint density at radius 1 is 1.00 bits per heavy atom. The van der Waals surface area contributed by atoms with Crippen LogP contribution < -0.4 is 5.43 Å². The third-order valence-corrected chi connectivity index (χ3v) is 5.91. The van der Waals surface area contributed by atoms with E-state index < -0.39 is 22.2 Å². The van der Waals surface area contributed by atoms with Crippen LogP contribution in [0.5, 0.6) is 0 Å². The summed E-state index contributed by atoms with van der Waals surface area (Å²) in [5, 5.41) is 26.3. The molecule has 0 amide bonds. The fraction of sp³-hybridized carbons (Fsp3) is 0.240. The van der Waals surface area contributed by atoms with E-state index >= 15 is 0 Å². The number of benzene rings is 3. The van der Waals surface area contributed by atoms with Crippen LogP contribution in [-0.2, 0) is 15.4 Å². The van der Waals surface area contributed by atoms with Gasteiger partial charge in [0.15, 0.2) is 5.60 Å². The molecule has 1 fully saturated rings. The molecule has 0 radical (unpaired) electrons. The van der Waals surface area contributed by atoms with Crippen LogP contribution in [0.4, 0.5) is 11.4 Å². The van der Waals surface area contributed by atoms with Crippen LogP contribution in [0.2, 0.25) is 0 Å². The highest BCUT2D eigenvalue weighted by atomic mass is 17.2. The van der Waals surface area contributed by atoms with E-state index in [0.717, 1.165) is 11.1 Å². The van der Waals surface area contributed by atoms with Gasteiger partial charge in [0.2, 0.25) is 5.79 Å². The van der Waals surface area contributed by atoms with E-state index in [0.29, 0.717) is 17.8 Å². The van der Waals surface area contributed by atoms with Gasteiger partial charge < -0.3 is 5.11 Å². The van der Waals surface area contributed by atoms with Gasteiger partial charge in [-0.05, 0) is 37.1 Å². The van der Waals surface area contributed by atoms with Crippen molar-refractivity contribution in [2.45, 2.75) is 31.7 Å². The second-order valence-corrected chi connectivity index (χ2v) is 8.21. The number of hydrogen-bond acceptors (Lipinski definition) is 7. The van der Waals surface area contributed by atoms with Crippen molar-refractivity contribution in [2.75, 3.05) is 5.43 Å². The van der Waals surface area contributed by atoms with Gasteiger partial charge in [0.1, 0.15) is 0 Å². The summed E-state index contributed by atoms with van der Waals surface area (Å²) >= 11 is 0. The van der Waals surface area contributed by atoms with Gasteiger partial charge in [0, 0.05) is 24.3 Å². The maximum absolute atomic E-state index is 11.0. The van der Waals surface area contributed by atoms with Gasteiger partial charge in [-0.2, -0.15) is 9.99 Å². The number of nitro groups is 1. The average Bonchev–Trinajstić information content (AvgIpc) is 2.84. The summed E-state index contributed by atoms with van der Waals surface area (Å²) in [7, 11) is 0. The Kier molecular flexibility index (Phi) is 6.24. The van der Waals surface area contributed by atoms with Crippen LogP contribution in [0.3, 0.4) is 0 Å². The maximum Gasteiger partial charge on any atom is 0.269 e. The van der Waals surface area contributed by atoms with Gasteiger partial charge in [-0.1, -0.05) is 60.7 Å². The third-order valence-electron chi connectivity index (χ3n) is 5.91. The minimum atomic E-state index is -1.61. The minimum Gasteiger partial charge on any atom is -0.363 e. The van der Waals surface area contributed by atoms with Crippen molar-refractivity contribution in [1.29, 1.82) is 0 Å². The number of anilines is 1. The molecule has 0 spiro atoms. The van der Waals surface area contributed by atoms with E-state index in [-0.39, 0.29) is 5.69 Å². The first-order chi connectivity index (χ1) is 15.8. The van der Waals surface area contributed by atoms with Gasteiger partial charge in [0.25, 0.3) is 5.69 Å². The highest BCUT2D eigenvalue weighted by molar-refractivity contribution is 5.86. The van der Waals surface area contributed by atoms with Crippen molar-refractivity contribution in [3.63, 3.8) is 0 Å². The van der Waals surface area contributed by atoms with Gasteiger partial charge in [-0.15, -0.1) is 0 Å². The molecule has 170 valence electrons. The lowest BCUT2D eigenvalue weighted by Gasteiger charge is -2.46. The van der Waals surface area contributed by atoms with E-state index in [4.69, 9.17) is 9.78 Å². The third kappa shape index (κ3) is 4.63. The van der Waals surface area contributed by atoms with Gasteiger partial charge in [-0.25, -0.2) is 4.89 Å². The van der Waals surface area contributed by atoms with E-state index in [1.807, 2.05) is 60.7 Å². The van der Waals surface area contributed by atoms with Gasteiger partial charge in [0.05, 0.1) is 16.5 Å². The Hall–Kier alpha value is -3.59. The Morgan fingerprint density at radius 2 is 1.55 bits per heavy atom. The molecule has 3 aromatic carbocycles. The number of rotatable bonds is 6. The van der Waals surface area contributed by atoms with Crippen molar-refractivity contribution >= 4 is 17.1 Å². The van der Waals surface area contributed by atoms with Gasteiger partial charge >= 0.3 is 0 Å². The molecule has 1 saturated heterocycles. The number of hydrazone groups is 1. The van der Waals surface area contributed by atoms with E-state index in [9.17, 15) is 15.2 Å². The summed E-state index contributed by atoms with van der Waals surface area (Å²) in [4.78, 5) is 21.9. The molecule has 2 N–H and O–H groups in total. The zero-order chi connectivity index (χ0) is 23.5. The first-order valence-electron chi connectivity index (χ1n) is 10.6. The molecule has 0 aromatic heterocycles. The Morgan fingerprint density at radius 3 is 2.06 bits per heavy atom. The summed E-state index contributed by atoms with van der Waals surface area (Å²) in [6, 6.07) is 25.4. The molecule has 0 saturated carbocycles. The molecular formula is C25H25N3O5. The second-order valence-electron chi connectivity index (χ2n) is 8.21. The Bertz CT molecular complexity index is 1090. The molecule has 33 heavy (non-hydrogen) atoms. The van der Waals surface area contributed by atoms with E-state index in [2.05, 4.69) is 10.5 Å². The quantitative estimate of drug-likeness (QED) is 0.238. The standard InChI is InChI=1S/C25H25N3O5/c1-18(26-27-21-13-15-22(16-14-21)28(30)31)23-17-25(33-32-24(23,2)29,19-9-5-3-6-10-19)20-11-7-4-8-12-20/h3-16,23,27,29H,17H2,1-2H3/b26-18+. The molecule has 2 unspecified atom stereocenters. The molecule has 1 aliphatic heterocycles. The monoisotopic (exact) mass is 447 g/mol. The topological polar surface area (TPSA) is 106 Å². The SMILES string of the molecule is C/C(=N\Nc1ccc([N+](=O)[O-])cc1)C1CC(c2ccccc2)(c2ccccc2)OOC1(C)O. The second kappa shape index (κ2) is 9.11. The molecule has 3 aromatic rings. The van der Waals surface area contributed by atoms with Crippen molar-refractivity contribution in [1.82, 2.24) is 0 Å². The van der Waals surface area contributed by atoms with Crippen molar-refractivity contribution < 1.29 is 19.8 Å². The van der Waals surface area contributed by atoms with Crippen molar-refractivity contribution in [3.8, 4) is 0 Å². The van der Waals surface area contributed by atoms with E-state index in [1.165, 1.54) is 12.1 Å². The molecule has 1 aliphatic rings.